The fraction of sp³-hybridized carbons (Fsp3) is 0.294. The molecule has 0 atom stereocenters. The van der Waals surface area contributed by atoms with Crippen LogP contribution in [-0.2, 0) is 10.9 Å². The maximum Gasteiger partial charge on any atom is 0.434 e. The van der Waals surface area contributed by atoms with Crippen molar-refractivity contribution in [1.82, 2.24) is 14.4 Å². The third-order valence-corrected chi connectivity index (χ3v) is 4.20. The Hall–Kier alpha value is -2.81. The first-order valence-corrected chi connectivity index (χ1v) is 8.01. The van der Waals surface area contributed by atoms with Crippen LogP contribution in [-0.4, -0.2) is 45.8 Å². The second kappa shape index (κ2) is 6.17. The Labute approximate surface area is 146 Å². The molecule has 3 heterocycles. The summed E-state index contributed by atoms with van der Waals surface area (Å²) >= 11 is 0. The van der Waals surface area contributed by atoms with E-state index in [1.165, 1.54) is 16.7 Å². The van der Waals surface area contributed by atoms with Crippen LogP contribution in [0.5, 0.6) is 5.75 Å². The zero-order valence-electron chi connectivity index (χ0n) is 13.6. The quantitative estimate of drug-likeness (QED) is 0.758. The van der Waals surface area contributed by atoms with Gasteiger partial charge < -0.3 is 19.1 Å². The highest BCUT2D eigenvalue weighted by Crippen LogP contribution is 2.34. The first-order valence-electron chi connectivity index (χ1n) is 8.01. The number of phenolic OH excluding ortho intramolecular Hbond substituents is 1. The van der Waals surface area contributed by atoms with Gasteiger partial charge in [-0.15, -0.1) is 0 Å². The molecular formula is C17H15F3N4O2. The van der Waals surface area contributed by atoms with Crippen LogP contribution in [0.15, 0.2) is 36.7 Å². The van der Waals surface area contributed by atoms with Gasteiger partial charge in [0, 0.05) is 31.0 Å². The first-order chi connectivity index (χ1) is 12.4. The van der Waals surface area contributed by atoms with Crippen molar-refractivity contribution in [3.63, 3.8) is 0 Å². The molecule has 1 fully saturated rings. The molecule has 2 aromatic heterocycles. The van der Waals surface area contributed by atoms with Crippen molar-refractivity contribution in [3.8, 4) is 17.0 Å². The summed E-state index contributed by atoms with van der Waals surface area (Å²) in [5, 5.41) is 10.1. The Morgan fingerprint density at radius 1 is 1.04 bits per heavy atom. The number of fused-ring (bicyclic) bond motifs is 1. The van der Waals surface area contributed by atoms with Crippen LogP contribution < -0.4 is 4.90 Å². The number of hydrogen-bond donors (Lipinski definition) is 1. The number of hydrogen-bond acceptors (Lipinski definition) is 5. The highest BCUT2D eigenvalue weighted by atomic mass is 19.4. The lowest BCUT2D eigenvalue weighted by atomic mass is 10.1. The molecule has 1 aliphatic rings. The van der Waals surface area contributed by atoms with Crippen LogP contribution in [0.4, 0.5) is 19.0 Å². The van der Waals surface area contributed by atoms with E-state index in [0.717, 1.165) is 6.20 Å². The van der Waals surface area contributed by atoms with E-state index in [1.54, 1.807) is 18.2 Å². The normalized spacial score (nSPS) is 15.6. The SMILES string of the molecule is Oc1ccccc1-c1cn2cc(C(F)(F)F)nc2c(N2CCOCC2)n1. The number of aromatic nitrogens is 3. The Kier molecular flexibility index (Phi) is 3.95. The average molecular weight is 364 g/mol. The molecule has 1 saturated heterocycles. The van der Waals surface area contributed by atoms with Crippen LogP contribution in [0.3, 0.4) is 0 Å². The van der Waals surface area contributed by atoms with Gasteiger partial charge >= 0.3 is 6.18 Å². The van der Waals surface area contributed by atoms with Crippen LogP contribution in [0, 0.1) is 0 Å². The zero-order valence-corrected chi connectivity index (χ0v) is 13.6. The van der Waals surface area contributed by atoms with E-state index in [4.69, 9.17) is 4.74 Å². The van der Waals surface area contributed by atoms with Crippen molar-refractivity contribution < 1.29 is 23.0 Å². The van der Waals surface area contributed by atoms with Crippen molar-refractivity contribution in [2.45, 2.75) is 6.18 Å². The van der Waals surface area contributed by atoms with E-state index < -0.39 is 11.9 Å². The molecule has 9 heteroatoms. The number of rotatable bonds is 2. The number of benzene rings is 1. The fourth-order valence-electron chi connectivity index (χ4n) is 2.93. The molecule has 0 bridgehead atoms. The maximum atomic E-state index is 13.1. The third-order valence-electron chi connectivity index (χ3n) is 4.20. The molecule has 0 saturated carbocycles. The summed E-state index contributed by atoms with van der Waals surface area (Å²) in [5.41, 5.74) is -0.0592. The summed E-state index contributed by atoms with van der Waals surface area (Å²) in [7, 11) is 0. The number of imidazole rings is 1. The first kappa shape index (κ1) is 16.6. The van der Waals surface area contributed by atoms with E-state index in [9.17, 15) is 18.3 Å². The van der Waals surface area contributed by atoms with Crippen molar-refractivity contribution in [2.75, 3.05) is 31.2 Å². The van der Waals surface area contributed by atoms with Crippen LogP contribution in [0.1, 0.15) is 5.69 Å². The average Bonchev–Trinajstić information content (AvgIpc) is 3.06. The number of phenols is 1. The summed E-state index contributed by atoms with van der Waals surface area (Å²) < 4.78 is 46.0. The van der Waals surface area contributed by atoms with Gasteiger partial charge in [0.1, 0.15) is 5.75 Å². The lowest BCUT2D eigenvalue weighted by Gasteiger charge is -2.28. The predicted octanol–water partition coefficient (Wildman–Crippen LogP) is 2.96. The van der Waals surface area contributed by atoms with Crippen LogP contribution in [0.25, 0.3) is 16.9 Å². The molecule has 0 amide bonds. The molecule has 26 heavy (non-hydrogen) atoms. The molecule has 1 aromatic carbocycles. The summed E-state index contributed by atoms with van der Waals surface area (Å²) in [6, 6.07) is 6.56. The second-order valence-corrected chi connectivity index (χ2v) is 5.92. The van der Waals surface area contributed by atoms with E-state index in [2.05, 4.69) is 9.97 Å². The number of ether oxygens (including phenoxy) is 1. The Bertz CT molecular complexity index is 949. The van der Waals surface area contributed by atoms with Gasteiger partial charge in [0.2, 0.25) is 0 Å². The van der Waals surface area contributed by atoms with Gasteiger partial charge in [0.05, 0.1) is 18.9 Å². The van der Waals surface area contributed by atoms with E-state index in [1.807, 2.05) is 4.90 Å². The zero-order chi connectivity index (χ0) is 18.3. The predicted molar refractivity (Wildman–Crippen MR) is 88.1 cm³/mol. The standard InChI is InChI=1S/C17H15F3N4O2/c18-17(19,20)14-10-24-9-12(11-3-1-2-4-13(11)25)21-15(16(24)22-14)23-5-7-26-8-6-23/h1-4,9-10,25H,5-8H2. The Morgan fingerprint density at radius 3 is 2.46 bits per heavy atom. The second-order valence-electron chi connectivity index (χ2n) is 5.92. The smallest absolute Gasteiger partial charge is 0.434 e. The van der Waals surface area contributed by atoms with Crippen molar-refractivity contribution >= 4 is 11.5 Å². The largest absolute Gasteiger partial charge is 0.507 e. The monoisotopic (exact) mass is 364 g/mol. The lowest BCUT2D eigenvalue weighted by Crippen LogP contribution is -2.37. The van der Waals surface area contributed by atoms with Gasteiger partial charge in [0.25, 0.3) is 0 Å². The van der Waals surface area contributed by atoms with E-state index in [-0.39, 0.29) is 11.4 Å². The molecule has 6 nitrogen and oxygen atoms in total. The third kappa shape index (κ3) is 2.94. The van der Waals surface area contributed by atoms with Crippen LogP contribution >= 0.6 is 0 Å². The minimum atomic E-state index is -4.55. The number of aromatic hydroxyl groups is 1. The lowest BCUT2D eigenvalue weighted by molar-refractivity contribution is -0.140. The van der Waals surface area contributed by atoms with Crippen LogP contribution in [0.2, 0.25) is 0 Å². The number of para-hydroxylation sites is 1. The fourth-order valence-corrected chi connectivity index (χ4v) is 2.93. The molecule has 0 unspecified atom stereocenters. The highest BCUT2D eigenvalue weighted by molar-refractivity contribution is 5.73. The Balaban J connectivity index is 1.93. The Morgan fingerprint density at radius 2 is 1.77 bits per heavy atom. The molecule has 3 aromatic rings. The molecule has 4 rings (SSSR count). The summed E-state index contributed by atoms with van der Waals surface area (Å²) in [6.45, 7) is 1.92. The topological polar surface area (TPSA) is 62.9 Å². The molecular weight excluding hydrogens is 349 g/mol. The minimum absolute atomic E-state index is 0.00318. The van der Waals surface area contributed by atoms with Gasteiger partial charge in [-0.05, 0) is 12.1 Å². The number of halogens is 3. The van der Waals surface area contributed by atoms with Crippen molar-refractivity contribution in [2.24, 2.45) is 0 Å². The minimum Gasteiger partial charge on any atom is -0.507 e. The van der Waals surface area contributed by atoms with Gasteiger partial charge in [-0.3, -0.25) is 0 Å². The highest BCUT2D eigenvalue weighted by Gasteiger charge is 2.35. The van der Waals surface area contributed by atoms with Gasteiger partial charge in [-0.2, -0.15) is 13.2 Å². The molecule has 1 aliphatic heterocycles. The molecule has 136 valence electrons. The number of anilines is 1. The number of alkyl halides is 3. The van der Waals surface area contributed by atoms with Crippen molar-refractivity contribution in [3.05, 3.63) is 42.4 Å². The molecule has 0 aliphatic carbocycles. The maximum absolute atomic E-state index is 13.1. The summed E-state index contributed by atoms with van der Waals surface area (Å²) in [6.07, 6.45) is -2.18. The number of morpholine rings is 1. The van der Waals surface area contributed by atoms with Gasteiger partial charge in [-0.25, -0.2) is 9.97 Å². The molecule has 1 N–H and O–H groups in total. The summed E-state index contributed by atoms with van der Waals surface area (Å²) in [4.78, 5) is 10.1. The number of nitrogens with zero attached hydrogens (tertiary/aromatic N) is 4. The van der Waals surface area contributed by atoms with Crippen molar-refractivity contribution in [1.29, 1.82) is 0 Å². The van der Waals surface area contributed by atoms with Gasteiger partial charge in [0.15, 0.2) is 17.2 Å². The molecule has 0 radical (unpaired) electrons. The summed E-state index contributed by atoms with van der Waals surface area (Å²) in [5.74, 6) is 0.341. The van der Waals surface area contributed by atoms with E-state index >= 15 is 0 Å². The van der Waals surface area contributed by atoms with Gasteiger partial charge in [-0.1, -0.05) is 12.1 Å². The van der Waals surface area contributed by atoms with E-state index in [0.29, 0.717) is 43.4 Å². The molecule has 0 spiro atoms.